The highest BCUT2D eigenvalue weighted by molar-refractivity contribution is 7.99. The number of hydrogen-bond donors (Lipinski definition) is 2. The predicted molar refractivity (Wildman–Crippen MR) is 74.0 cm³/mol. The second-order valence-corrected chi connectivity index (χ2v) is 5.07. The first-order valence-electron chi connectivity index (χ1n) is 5.71. The zero-order chi connectivity index (χ0) is 12.8. The Kier molecular flexibility index (Phi) is 4.69. The van der Waals surface area contributed by atoms with E-state index in [-0.39, 0.29) is 6.04 Å². The fourth-order valence-electron chi connectivity index (χ4n) is 1.52. The van der Waals surface area contributed by atoms with Crippen molar-refractivity contribution < 1.29 is 0 Å². The van der Waals surface area contributed by atoms with Crippen LogP contribution in [0.2, 0.25) is 0 Å². The van der Waals surface area contributed by atoms with Gasteiger partial charge in [0, 0.05) is 23.0 Å². The van der Waals surface area contributed by atoms with E-state index in [9.17, 15) is 0 Å². The number of aromatic nitrogens is 2. The van der Waals surface area contributed by atoms with Gasteiger partial charge in [-0.25, -0.2) is 0 Å². The van der Waals surface area contributed by atoms with Gasteiger partial charge in [0.2, 0.25) is 0 Å². The molecule has 3 N–H and O–H groups in total. The lowest BCUT2D eigenvalue weighted by Crippen LogP contribution is -2.30. The molecule has 4 nitrogen and oxygen atoms in total. The van der Waals surface area contributed by atoms with E-state index in [1.165, 1.54) is 10.5 Å². The van der Waals surface area contributed by atoms with Crippen LogP contribution >= 0.6 is 11.8 Å². The number of hydrogen-bond acceptors (Lipinski definition) is 5. The molecule has 18 heavy (non-hydrogen) atoms. The second kappa shape index (κ2) is 6.49. The molecule has 0 bridgehead atoms. The fourth-order valence-corrected chi connectivity index (χ4v) is 2.48. The summed E-state index contributed by atoms with van der Waals surface area (Å²) in [5, 5.41) is 0. The van der Waals surface area contributed by atoms with E-state index in [0.717, 1.165) is 11.4 Å². The maximum atomic E-state index is 5.56. The van der Waals surface area contributed by atoms with Crippen molar-refractivity contribution >= 4 is 11.8 Å². The van der Waals surface area contributed by atoms with Crippen molar-refractivity contribution in [2.24, 2.45) is 5.84 Å². The molecule has 1 aromatic heterocycles. The van der Waals surface area contributed by atoms with Crippen LogP contribution in [0, 0.1) is 6.92 Å². The molecule has 0 spiro atoms. The van der Waals surface area contributed by atoms with Gasteiger partial charge in [-0.15, -0.1) is 11.8 Å². The average molecular weight is 260 g/mol. The quantitative estimate of drug-likeness (QED) is 0.489. The van der Waals surface area contributed by atoms with Gasteiger partial charge in [0.1, 0.15) is 0 Å². The molecular formula is C13H16N4S. The van der Waals surface area contributed by atoms with E-state index in [4.69, 9.17) is 5.84 Å². The van der Waals surface area contributed by atoms with Crippen molar-refractivity contribution in [3.05, 3.63) is 54.1 Å². The standard InChI is InChI=1S/C13H16N4S/c1-10-2-4-11(5-3-10)18-9-13(17-14)12-8-15-6-7-16-12/h2-8,13,17H,9,14H2,1H3. The Morgan fingerprint density at radius 3 is 2.67 bits per heavy atom. The van der Waals surface area contributed by atoms with Gasteiger partial charge in [-0.3, -0.25) is 21.2 Å². The van der Waals surface area contributed by atoms with Crippen LogP contribution in [0.5, 0.6) is 0 Å². The number of rotatable bonds is 5. The third-order valence-electron chi connectivity index (χ3n) is 2.58. The Morgan fingerprint density at radius 2 is 2.06 bits per heavy atom. The number of nitrogens with zero attached hydrogens (tertiary/aromatic N) is 2. The molecule has 1 aromatic carbocycles. The Morgan fingerprint density at radius 1 is 1.28 bits per heavy atom. The average Bonchev–Trinajstić information content (AvgIpc) is 2.43. The number of aryl methyl sites for hydroxylation is 1. The minimum Gasteiger partial charge on any atom is -0.271 e. The Balaban J connectivity index is 1.97. The molecule has 0 radical (unpaired) electrons. The molecule has 0 saturated carbocycles. The number of thioether (sulfide) groups is 1. The molecule has 94 valence electrons. The number of nitrogens with two attached hydrogens (primary N) is 1. The van der Waals surface area contributed by atoms with Crippen molar-refractivity contribution in [1.82, 2.24) is 15.4 Å². The van der Waals surface area contributed by atoms with Gasteiger partial charge >= 0.3 is 0 Å². The lowest BCUT2D eigenvalue weighted by molar-refractivity contribution is 0.592. The van der Waals surface area contributed by atoms with Crippen LogP contribution in [-0.4, -0.2) is 15.7 Å². The summed E-state index contributed by atoms with van der Waals surface area (Å²) in [6.07, 6.45) is 5.07. The van der Waals surface area contributed by atoms with Gasteiger partial charge in [0.25, 0.3) is 0 Å². The molecule has 1 atom stereocenters. The summed E-state index contributed by atoms with van der Waals surface area (Å²) in [6, 6.07) is 8.45. The minimum atomic E-state index is 0.00463. The lowest BCUT2D eigenvalue weighted by atomic mass is 10.2. The maximum Gasteiger partial charge on any atom is 0.0778 e. The van der Waals surface area contributed by atoms with Gasteiger partial charge in [-0.2, -0.15) is 0 Å². The highest BCUT2D eigenvalue weighted by Crippen LogP contribution is 2.23. The molecule has 1 unspecified atom stereocenters. The first-order valence-corrected chi connectivity index (χ1v) is 6.69. The molecule has 2 rings (SSSR count). The summed E-state index contributed by atoms with van der Waals surface area (Å²) in [7, 11) is 0. The van der Waals surface area contributed by atoms with E-state index >= 15 is 0 Å². The van der Waals surface area contributed by atoms with E-state index in [1.807, 2.05) is 0 Å². The van der Waals surface area contributed by atoms with Crippen molar-refractivity contribution in [3.63, 3.8) is 0 Å². The highest BCUT2D eigenvalue weighted by Gasteiger charge is 2.11. The second-order valence-electron chi connectivity index (χ2n) is 3.97. The summed E-state index contributed by atoms with van der Waals surface area (Å²) in [6.45, 7) is 2.08. The van der Waals surface area contributed by atoms with Crippen LogP contribution in [0.15, 0.2) is 47.8 Å². The molecule has 0 aliphatic carbocycles. The molecule has 0 fully saturated rings. The van der Waals surface area contributed by atoms with Crippen molar-refractivity contribution in [2.45, 2.75) is 17.9 Å². The van der Waals surface area contributed by atoms with Crippen LogP contribution in [0.1, 0.15) is 17.3 Å². The van der Waals surface area contributed by atoms with Gasteiger partial charge in [0.05, 0.1) is 17.9 Å². The first-order chi connectivity index (χ1) is 8.79. The topological polar surface area (TPSA) is 63.8 Å². The number of benzene rings is 1. The van der Waals surface area contributed by atoms with Crippen LogP contribution in [0.3, 0.4) is 0 Å². The Hall–Kier alpha value is -1.43. The van der Waals surface area contributed by atoms with Crippen molar-refractivity contribution in [2.75, 3.05) is 5.75 Å². The smallest absolute Gasteiger partial charge is 0.0778 e. The van der Waals surface area contributed by atoms with E-state index < -0.39 is 0 Å². The zero-order valence-corrected chi connectivity index (χ0v) is 11.0. The molecule has 0 aliphatic rings. The zero-order valence-electron chi connectivity index (χ0n) is 10.2. The minimum absolute atomic E-state index is 0.00463. The molecule has 0 aliphatic heterocycles. The lowest BCUT2D eigenvalue weighted by Gasteiger charge is -2.14. The van der Waals surface area contributed by atoms with Crippen LogP contribution in [-0.2, 0) is 0 Å². The fraction of sp³-hybridized carbons (Fsp3) is 0.231. The summed E-state index contributed by atoms with van der Waals surface area (Å²) in [5.74, 6) is 6.38. The van der Waals surface area contributed by atoms with E-state index in [2.05, 4.69) is 46.6 Å². The monoisotopic (exact) mass is 260 g/mol. The van der Waals surface area contributed by atoms with Gasteiger partial charge in [-0.05, 0) is 19.1 Å². The van der Waals surface area contributed by atoms with Crippen LogP contribution in [0.25, 0.3) is 0 Å². The molecule has 0 saturated heterocycles. The maximum absolute atomic E-state index is 5.56. The third kappa shape index (κ3) is 3.53. The molecule has 2 aromatic rings. The van der Waals surface area contributed by atoms with Gasteiger partial charge in [-0.1, -0.05) is 17.7 Å². The summed E-state index contributed by atoms with van der Waals surface area (Å²) in [5.41, 5.74) is 4.90. The molecule has 5 heteroatoms. The largest absolute Gasteiger partial charge is 0.271 e. The van der Waals surface area contributed by atoms with Crippen LogP contribution < -0.4 is 11.3 Å². The molecule has 0 amide bonds. The van der Waals surface area contributed by atoms with Crippen molar-refractivity contribution in [3.8, 4) is 0 Å². The highest BCUT2D eigenvalue weighted by atomic mass is 32.2. The van der Waals surface area contributed by atoms with E-state index in [0.29, 0.717) is 0 Å². The first kappa shape index (κ1) is 13.0. The molecular weight excluding hydrogens is 244 g/mol. The SMILES string of the molecule is Cc1ccc(SCC(NN)c2cnccn2)cc1. The normalized spacial score (nSPS) is 12.3. The Bertz CT molecular complexity index is 472. The van der Waals surface area contributed by atoms with Gasteiger partial charge in [0.15, 0.2) is 0 Å². The third-order valence-corrected chi connectivity index (χ3v) is 3.68. The van der Waals surface area contributed by atoms with Crippen LogP contribution in [0.4, 0.5) is 0 Å². The van der Waals surface area contributed by atoms with E-state index in [1.54, 1.807) is 30.4 Å². The van der Waals surface area contributed by atoms with Crippen molar-refractivity contribution in [1.29, 1.82) is 0 Å². The summed E-state index contributed by atoms with van der Waals surface area (Å²) in [4.78, 5) is 9.54. The molecule has 1 heterocycles. The predicted octanol–water partition coefficient (Wildman–Crippen LogP) is 2.08. The summed E-state index contributed by atoms with van der Waals surface area (Å²) >= 11 is 1.75. The summed E-state index contributed by atoms with van der Waals surface area (Å²) < 4.78 is 0. The number of nitrogens with one attached hydrogen (secondary N) is 1. The van der Waals surface area contributed by atoms with Gasteiger partial charge < -0.3 is 0 Å². The number of hydrazine groups is 1. The Labute approximate surface area is 111 Å².